The number of Topliss-reactive ketones (excluding diaryl/α,β-unsaturated/α-hetero) is 1. The number of aromatic amines is 1. The molecule has 1 aromatic carbocycles. The molecule has 5 heteroatoms. The van der Waals surface area contributed by atoms with E-state index in [0.717, 1.165) is 0 Å². The first kappa shape index (κ1) is 11.0. The molecule has 4 nitrogen and oxygen atoms in total. The summed E-state index contributed by atoms with van der Waals surface area (Å²) < 4.78 is 4.87. The first-order valence-electron chi connectivity index (χ1n) is 4.93. The lowest BCUT2D eigenvalue weighted by molar-refractivity contribution is 0.0985. The van der Waals surface area contributed by atoms with Crippen LogP contribution in [-0.2, 0) is 0 Å². The second-order valence-electron chi connectivity index (χ2n) is 3.47. The predicted molar refractivity (Wildman–Crippen MR) is 61.1 cm³/mol. The Hall–Kier alpha value is -1.55. The number of hydrogen-bond acceptors (Lipinski definition) is 3. The lowest BCUT2D eigenvalue weighted by Gasteiger charge is -2.04. The Kier molecular flexibility index (Phi) is 2.83. The van der Waals surface area contributed by atoms with Crippen molar-refractivity contribution in [1.82, 2.24) is 4.98 Å². The molecule has 1 unspecified atom stereocenters. The van der Waals surface area contributed by atoms with Gasteiger partial charge in [-0.2, -0.15) is 0 Å². The monoisotopic (exact) mass is 239 g/mol. The van der Waals surface area contributed by atoms with E-state index in [-0.39, 0.29) is 5.78 Å². The molecule has 2 rings (SSSR count). The molecule has 0 saturated carbocycles. The van der Waals surface area contributed by atoms with Gasteiger partial charge in [0.1, 0.15) is 0 Å². The summed E-state index contributed by atoms with van der Waals surface area (Å²) in [5, 5.41) is -0.539. The zero-order valence-electron chi connectivity index (χ0n) is 8.62. The van der Waals surface area contributed by atoms with Gasteiger partial charge in [0.25, 0.3) is 0 Å². The zero-order valence-corrected chi connectivity index (χ0v) is 9.38. The van der Waals surface area contributed by atoms with Gasteiger partial charge in [-0.15, -0.1) is 11.6 Å². The Morgan fingerprint density at radius 3 is 3.00 bits per heavy atom. The number of hydrogen-bond donors (Lipinski definition) is 1. The number of halogens is 1. The highest BCUT2D eigenvalue weighted by molar-refractivity contribution is 6.34. The largest absolute Gasteiger partial charge is 0.417 e. The van der Waals surface area contributed by atoms with E-state index in [4.69, 9.17) is 16.0 Å². The van der Waals surface area contributed by atoms with Gasteiger partial charge in [-0.05, 0) is 24.6 Å². The minimum Gasteiger partial charge on any atom is -0.408 e. The van der Waals surface area contributed by atoms with Gasteiger partial charge in [0.2, 0.25) is 0 Å². The number of rotatable bonds is 3. The Balaban J connectivity index is 2.46. The normalized spacial score (nSPS) is 12.9. The second kappa shape index (κ2) is 4.14. The molecular weight excluding hydrogens is 230 g/mol. The van der Waals surface area contributed by atoms with E-state index in [0.29, 0.717) is 23.1 Å². The quantitative estimate of drug-likeness (QED) is 0.660. The van der Waals surface area contributed by atoms with Gasteiger partial charge >= 0.3 is 5.76 Å². The number of aromatic nitrogens is 1. The number of H-pyrrole nitrogens is 1. The van der Waals surface area contributed by atoms with Crippen molar-refractivity contribution in [2.45, 2.75) is 18.7 Å². The number of oxazole rings is 1. The number of nitrogens with one attached hydrogen (secondary N) is 1. The molecule has 0 saturated heterocycles. The molecule has 16 heavy (non-hydrogen) atoms. The van der Waals surface area contributed by atoms with Crippen LogP contribution < -0.4 is 5.76 Å². The van der Waals surface area contributed by atoms with E-state index >= 15 is 0 Å². The maximum Gasteiger partial charge on any atom is 0.417 e. The van der Waals surface area contributed by atoms with Crippen molar-refractivity contribution in [2.75, 3.05) is 0 Å². The number of alkyl halides is 1. The number of carbonyl (C=O) groups excluding carboxylic acids is 1. The molecule has 2 aromatic rings. The molecule has 0 spiro atoms. The van der Waals surface area contributed by atoms with Crippen LogP contribution in [0.2, 0.25) is 0 Å². The van der Waals surface area contributed by atoms with Crippen LogP contribution in [0.5, 0.6) is 0 Å². The number of benzene rings is 1. The van der Waals surface area contributed by atoms with Crippen LogP contribution in [-0.4, -0.2) is 16.1 Å². The van der Waals surface area contributed by atoms with E-state index in [1.165, 1.54) is 6.07 Å². The van der Waals surface area contributed by atoms with Crippen molar-refractivity contribution in [2.24, 2.45) is 0 Å². The summed E-state index contributed by atoms with van der Waals surface area (Å²) in [5.74, 6) is -0.688. The summed E-state index contributed by atoms with van der Waals surface area (Å²) in [6, 6.07) is 4.79. The van der Waals surface area contributed by atoms with Crippen LogP contribution in [0.3, 0.4) is 0 Å². The topological polar surface area (TPSA) is 63.1 Å². The summed E-state index contributed by atoms with van der Waals surface area (Å²) in [6.07, 6.45) is 0.565. The molecule has 0 radical (unpaired) electrons. The van der Waals surface area contributed by atoms with Crippen molar-refractivity contribution >= 4 is 28.5 Å². The van der Waals surface area contributed by atoms with E-state index in [1.54, 1.807) is 12.1 Å². The van der Waals surface area contributed by atoms with E-state index in [2.05, 4.69) is 4.98 Å². The SMILES string of the molecule is CCC(Cl)C(=O)c1ccc2[nH]c(=O)oc2c1. The molecule has 1 atom stereocenters. The van der Waals surface area contributed by atoms with Crippen LogP contribution in [0, 0.1) is 0 Å². The van der Waals surface area contributed by atoms with Gasteiger partial charge in [-0.3, -0.25) is 9.78 Å². The second-order valence-corrected chi connectivity index (χ2v) is 3.99. The van der Waals surface area contributed by atoms with Gasteiger partial charge < -0.3 is 4.42 Å². The number of carbonyl (C=O) groups is 1. The average molecular weight is 240 g/mol. The van der Waals surface area contributed by atoms with Crippen molar-refractivity contribution in [3.8, 4) is 0 Å². The lowest BCUT2D eigenvalue weighted by atomic mass is 10.1. The van der Waals surface area contributed by atoms with Gasteiger partial charge in [0, 0.05) is 5.56 Å². The fourth-order valence-corrected chi connectivity index (χ4v) is 1.59. The van der Waals surface area contributed by atoms with Crippen LogP contribution in [0.25, 0.3) is 11.1 Å². The van der Waals surface area contributed by atoms with Crippen LogP contribution in [0.15, 0.2) is 27.4 Å². The highest BCUT2D eigenvalue weighted by atomic mass is 35.5. The first-order valence-corrected chi connectivity index (χ1v) is 5.36. The van der Waals surface area contributed by atoms with Gasteiger partial charge in [-0.1, -0.05) is 6.92 Å². The van der Waals surface area contributed by atoms with Gasteiger partial charge in [0.15, 0.2) is 11.4 Å². The predicted octanol–water partition coefficient (Wildman–Crippen LogP) is 2.32. The average Bonchev–Trinajstić information content (AvgIpc) is 2.65. The molecule has 0 aliphatic carbocycles. The smallest absolute Gasteiger partial charge is 0.408 e. The highest BCUT2D eigenvalue weighted by Gasteiger charge is 2.16. The molecule has 0 bridgehead atoms. The maximum atomic E-state index is 11.8. The third-order valence-corrected chi connectivity index (χ3v) is 2.86. The van der Waals surface area contributed by atoms with Crippen molar-refractivity contribution in [3.63, 3.8) is 0 Å². The standard InChI is InChI=1S/C11H10ClNO3/c1-2-7(12)10(14)6-3-4-8-9(5-6)16-11(15)13-8/h3-5,7H,2H2,1H3,(H,13,15). The number of ketones is 1. The Morgan fingerprint density at radius 1 is 1.56 bits per heavy atom. The van der Waals surface area contributed by atoms with Crippen molar-refractivity contribution in [1.29, 1.82) is 0 Å². The number of fused-ring (bicyclic) bond motifs is 1. The minimum atomic E-state index is -0.539. The van der Waals surface area contributed by atoms with Crippen LogP contribution in [0.1, 0.15) is 23.7 Å². The maximum absolute atomic E-state index is 11.8. The van der Waals surface area contributed by atoms with Crippen LogP contribution in [0.4, 0.5) is 0 Å². The Bertz CT molecular complexity index is 584. The molecule has 0 aliphatic rings. The van der Waals surface area contributed by atoms with Crippen molar-refractivity contribution in [3.05, 3.63) is 34.3 Å². The zero-order chi connectivity index (χ0) is 11.7. The molecule has 84 valence electrons. The molecule has 1 heterocycles. The van der Waals surface area contributed by atoms with Gasteiger partial charge in [0.05, 0.1) is 10.9 Å². The van der Waals surface area contributed by atoms with Gasteiger partial charge in [-0.25, -0.2) is 4.79 Å². The lowest BCUT2D eigenvalue weighted by Crippen LogP contribution is -2.13. The summed E-state index contributed by atoms with van der Waals surface area (Å²) in [7, 11) is 0. The third kappa shape index (κ3) is 1.88. The summed E-state index contributed by atoms with van der Waals surface area (Å²) in [6.45, 7) is 1.84. The molecule has 0 amide bonds. The summed E-state index contributed by atoms with van der Waals surface area (Å²) in [4.78, 5) is 25.2. The molecule has 0 fully saturated rings. The fraction of sp³-hybridized carbons (Fsp3) is 0.273. The molecule has 1 N–H and O–H groups in total. The van der Waals surface area contributed by atoms with E-state index < -0.39 is 11.1 Å². The third-order valence-electron chi connectivity index (χ3n) is 2.35. The molecule has 0 aliphatic heterocycles. The summed E-state index contributed by atoms with van der Waals surface area (Å²) >= 11 is 5.86. The first-order chi connectivity index (χ1) is 7.61. The summed E-state index contributed by atoms with van der Waals surface area (Å²) in [5.41, 5.74) is 1.40. The van der Waals surface area contributed by atoms with E-state index in [1.807, 2.05) is 6.92 Å². The Morgan fingerprint density at radius 2 is 2.31 bits per heavy atom. The Labute approximate surface area is 96.2 Å². The van der Waals surface area contributed by atoms with Crippen LogP contribution >= 0.6 is 11.6 Å². The molecular formula is C11H10ClNO3. The van der Waals surface area contributed by atoms with Crippen molar-refractivity contribution < 1.29 is 9.21 Å². The highest BCUT2D eigenvalue weighted by Crippen LogP contribution is 2.16. The van der Waals surface area contributed by atoms with E-state index in [9.17, 15) is 9.59 Å². The molecule has 1 aromatic heterocycles. The fourth-order valence-electron chi connectivity index (χ4n) is 1.46. The minimum absolute atomic E-state index is 0.157.